The van der Waals surface area contributed by atoms with E-state index in [0.29, 0.717) is 30.8 Å². The lowest BCUT2D eigenvalue weighted by atomic mass is 9.96. The first-order chi connectivity index (χ1) is 10.3. The number of anilines is 1. The van der Waals surface area contributed by atoms with Gasteiger partial charge in [0.2, 0.25) is 5.95 Å². The number of rotatable bonds is 5. The molecule has 3 rings (SSSR count). The number of nitrogens with one attached hydrogen (secondary N) is 1. The molecule has 2 aliphatic heterocycles. The summed E-state index contributed by atoms with van der Waals surface area (Å²) in [6.07, 6.45) is 3.88. The Balaban J connectivity index is 1.71. The van der Waals surface area contributed by atoms with Crippen molar-refractivity contribution in [1.29, 1.82) is 0 Å². The molecule has 2 atom stereocenters. The van der Waals surface area contributed by atoms with Crippen LogP contribution in [0.4, 0.5) is 5.95 Å². The fourth-order valence-corrected chi connectivity index (χ4v) is 3.26. The van der Waals surface area contributed by atoms with E-state index in [1.165, 1.54) is 0 Å². The quantitative estimate of drug-likeness (QED) is 0.681. The minimum absolute atomic E-state index is 0.0379. The van der Waals surface area contributed by atoms with Gasteiger partial charge >= 0.3 is 0 Å². The van der Waals surface area contributed by atoms with Gasteiger partial charge in [0.1, 0.15) is 0 Å². The molecule has 3 heterocycles. The lowest BCUT2D eigenvalue weighted by Gasteiger charge is -2.47. The zero-order valence-electron chi connectivity index (χ0n) is 12.0. The van der Waals surface area contributed by atoms with Crippen molar-refractivity contribution in [2.45, 2.75) is 31.0 Å². The second kappa shape index (κ2) is 6.23. The number of ether oxygens (including phenoxy) is 1. The van der Waals surface area contributed by atoms with Crippen LogP contribution in [0.2, 0.25) is 0 Å². The molecule has 3 N–H and O–H groups in total. The molecule has 0 saturated carbocycles. The SMILES string of the molecule is OCc1ccnc(NC[C@@]2(CO)COC[C@@H]3CCCN32)n1. The molecule has 2 saturated heterocycles. The Morgan fingerprint density at radius 1 is 1.48 bits per heavy atom. The predicted molar refractivity (Wildman–Crippen MR) is 76.8 cm³/mol. The molecule has 2 fully saturated rings. The van der Waals surface area contributed by atoms with E-state index in [2.05, 4.69) is 20.2 Å². The van der Waals surface area contributed by atoms with Gasteiger partial charge in [0.05, 0.1) is 37.7 Å². The lowest BCUT2D eigenvalue weighted by Crippen LogP contribution is -2.64. The van der Waals surface area contributed by atoms with Crippen LogP contribution in [0.3, 0.4) is 0 Å². The van der Waals surface area contributed by atoms with Crippen molar-refractivity contribution in [2.24, 2.45) is 0 Å². The molecule has 0 aromatic carbocycles. The third kappa shape index (κ3) is 2.87. The van der Waals surface area contributed by atoms with E-state index in [0.717, 1.165) is 26.0 Å². The number of aliphatic hydroxyl groups excluding tert-OH is 2. The Morgan fingerprint density at radius 3 is 3.19 bits per heavy atom. The highest BCUT2D eigenvalue weighted by Crippen LogP contribution is 2.31. The maximum absolute atomic E-state index is 9.92. The first-order valence-electron chi connectivity index (χ1n) is 7.39. The number of aromatic nitrogens is 2. The molecular formula is C14H22N4O3. The van der Waals surface area contributed by atoms with Gasteiger partial charge in [-0.05, 0) is 25.5 Å². The van der Waals surface area contributed by atoms with Crippen LogP contribution in [-0.2, 0) is 11.3 Å². The number of morpholine rings is 1. The topological polar surface area (TPSA) is 90.7 Å². The van der Waals surface area contributed by atoms with Gasteiger partial charge in [0, 0.05) is 18.8 Å². The van der Waals surface area contributed by atoms with Crippen molar-refractivity contribution in [1.82, 2.24) is 14.9 Å². The summed E-state index contributed by atoms with van der Waals surface area (Å²) in [5.74, 6) is 0.468. The molecule has 0 bridgehead atoms. The first kappa shape index (κ1) is 14.6. The van der Waals surface area contributed by atoms with Gasteiger partial charge < -0.3 is 20.3 Å². The molecule has 7 heteroatoms. The largest absolute Gasteiger partial charge is 0.394 e. The summed E-state index contributed by atoms with van der Waals surface area (Å²) in [4.78, 5) is 10.7. The van der Waals surface area contributed by atoms with Crippen molar-refractivity contribution in [3.05, 3.63) is 18.0 Å². The van der Waals surface area contributed by atoms with Gasteiger partial charge in [-0.1, -0.05) is 0 Å². The predicted octanol–water partition coefficient (Wildman–Crippen LogP) is -0.393. The molecule has 1 aromatic heterocycles. The van der Waals surface area contributed by atoms with Crippen LogP contribution in [0.5, 0.6) is 0 Å². The van der Waals surface area contributed by atoms with E-state index in [9.17, 15) is 5.11 Å². The third-order valence-electron chi connectivity index (χ3n) is 4.41. The molecule has 0 aliphatic carbocycles. The third-order valence-corrected chi connectivity index (χ3v) is 4.41. The lowest BCUT2D eigenvalue weighted by molar-refractivity contribution is -0.101. The second-order valence-electron chi connectivity index (χ2n) is 5.77. The molecule has 1 aromatic rings. The minimum Gasteiger partial charge on any atom is -0.394 e. The fourth-order valence-electron chi connectivity index (χ4n) is 3.26. The zero-order valence-corrected chi connectivity index (χ0v) is 12.0. The molecular weight excluding hydrogens is 272 g/mol. The van der Waals surface area contributed by atoms with Gasteiger partial charge in [-0.25, -0.2) is 9.97 Å². The molecule has 7 nitrogen and oxygen atoms in total. The van der Waals surface area contributed by atoms with Gasteiger partial charge in [-0.15, -0.1) is 0 Å². The van der Waals surface area contributed by atoms with Crippen LogP contribution >= 0.6 is 0 Å². The highest BCUT2D eigenvalue weighted by Gasteiger charge is 2.45. The van der Waals surface area contributed by atoms with Crippen molar-refractivity contribution < 1.29 is 14.9 Å². The van der Waals surface area contributed by atoms with Crippen LogP contribution < -0.4 is 5.32 Å². The first-order valence-corrected chi connectivity index (χ1v) is 7.39. The Labute approximate surface area is 124 Å². The number of nitrogens with zero attached hydrogens (tertiary/aromatic N) is 3. The summed E-state index contributed by atoms with van der Waals surface area (Å²) >= 11 is 0. The van der Waals surface area contributed by atoms with Crippen LogP contribution in [0, 0.1) is 0 Å². The summed E-state index contributed by atoms with van der Waals surface area (Å²) in [6.45, 7) is 2.70. The summed E-state index contributed by atoms with van der Waals surface area (Å²) in [5.41, 5.74) is 0.155. The molecule has 0 unspecified atom stereocenters. The van der Waals surface area contributed by atoms with Crippen LogP contribution in [0.25, 0.3) is 0 Å². The van der Waals surface area contributed by atoms with Gasteiger partial charge in [-0.3, -0.25) is 4.90 Å². The van der Waals surface area contributed by atoms with Crippen LogP contribution in [0.15, 0.2) is 12.3 Å². The highest BCUT2D eigenvalue weighted by molar-refractivity contribution is 5.26. The maximum Gasteiger partial charge on any atom is 0.222 e. The standard InChI is InChI=1S/C14H22N4O3/c19-6-11-3-4-15-13(17-11)16-8-14(9-20)10-21-7-12-2-1-5-18(12)14/h3-4,12,19-20H,1-2,5-10H2,(H,15,16,17)/t12-,14+/m0/s1. The highest BCUT2D eigenvalue weighted by atomic mass is 16.5. The molecule has 0 radical (unpaired) electrons. The van der Waals surface area contributed by atoms with Crippen molar-refractivity contribution in [3.63, 3.8) is 0 Å². The average molecular weight is 294 g/mol. The summed E-state index contributed by atoms with van der Waals surface area (Å²) in [5, 5.41) is 22.2. The second-order valence-corrected chi connectivity index (χ2v) is 5.77. The molecule has 2 aliphatic rings. The van der Waals surface area contributed by atoms with Gasteiger partial charge in [0.25, 0.3) is 0 Å². The Morgan fingerprint density at radius 2 is 2.38 bits per heavy atom. The number of aliphatic hydroxyl groups is 2. The Hall–Kier alpha value is -1.28. The van der Waals surface area contributed by atoms with Crippen LogP contribution in [-0.4, -0.2) is 69.6 Å². The zero-order chi connectivity index (χ0) is 14.7. The monoisotopic (exact) mass is 294 g/mol. The average Bonchev–Trinajstić information content (AvgIpc) is 3.02. The van der Waals surface area contributed by atoms with Crippen molar-refractivity contribution >= 4 is 5.95 Å². The Bertz CT molecular complexity index is 487. The molecule has 0 spiro atoms. The van der Waals surface area contributed by atoms with E-state index in [1.807, 2.05) is 0 Å². The van der Waals surface area contributed by atoms with Crippen molar-refractivity contribution in [2.75, 3.05) is 38.2 Å². The minimum atomic E-state index is -0.419. The van der Waals surface area contributed by atoms with Gasteiger partial charge in [-0.2, -0.15) is 0 Å². The molecule has 116 valence electrons. The van der Waals surface area contributed by atoms with E-state index in [-0.39, 0.29) is 13.2 Å². The molecule has 21 heavy (non-hydrogen) atoms. The smallest absolute Gasteiger partial charge is 0.222 e. The number of hydrogen-bond acceptors (Lipinski definition) is 7. The number of hydrogen-bond donors (Lipinski definition) is 3. The van der Waals surface area contributed by atoms with Crippen LogP contribution in [0.1, 0.15) is 18.5 Å². The van der Waals surface area contributed by atoms with E-state index >= 15 is 0 Å². The van der Waals surface area contributed by atoms with E-state index < -0.39 is 5.54 Å². The fraction of sp³-hybridized carbons (Fsp3) is 0.714. The Kier molecular flexibility index (Phi) is 4.34. The maximum atomic E-state index is 9.92. The van der Waals surface area contributed by atoms with E-state index in [4.69, 9.17) is 9.84 Å². The number of fused-ring (bicyclic) bond motifs is 1. The van der Waals surface area contributed by atoms with E-state index in [1.54, 1.807) is 12.3 Å². The summed E-state index contributed by atoms with van der Waals surface area (Å²) in [7, 11) is 0. The summed E-state index contributed by atoms with van der Waals surface area (Å²) < 4.78 is 5.70. The molecule has 0 amide bonds. The summed E-state index contributed by atoms with van der Waals surface area (Å²) in [6, 6.07) is 2.07. The van der Waals surface area contributed by atoms with Gasteiger partial charge in [0.15, 0.2) is 0 Å². The van der Waals surface area contributed by atoms with Crippen molar-refractivity contribution in [3.8, 4) is 0 Å². The normalized spacial score (nSPS) is 29.3.